The quantitative estimate of drug-likeness (QED) is 0.699. The molecule has 1 aromatic heterocycles. The van der Waals surface area contributed by atoms with E-state index in [2.05, 4.69) is 20.8 Å². The molecule has 3 N–H and O–H groups in total. The van der Waals surface area contributed by atoms with Gasteiger partial charge < -0.3 is 14.9 Å². The fourth-order valence-corrected chi connectivity index (χ4v) is 1.69. The van der Waals surface area contributed by atoms with Crippen molar-refractivity contribution >= 4 is 17.9 Å². The zero-order chi connectivity index (χ0) is 16.0. The molecule has 0 spiro atoms. The van der Waals surface area contributed by atoms with Crippen molar-refractivity contribution in [1.82, 2.24) is 20.8 Å². The number of rotatable bonds is 6. The maximum absolute atomic E-state index is 11.6. The molecule has 0 saturated heterocycles. The number of carbonyl (C=O) groups excluding carboxylic acids is 2. The van der Waals surface area contributed by atoms with E-state index in [-0.39, 0.29) is 25.3 Å². The number of carboxylic acids is 1. The highest BCUT2D eigenvalue weighted by atomic mass is 16.5. The minimum Gasteiger partial charge on any atom is -0.481 e. The number of aliphatic carboxylic acids is 1. The van der Waals surface area contributed by atoms with Crippen LogP contribution in [-0.4, -0.2) is 33.2 Å². The molecule has 1 rings (SSSR count). The van der Waals surface area contributed by atoms with Crippen molar-refractivity contribution < 1.29 is 24.0 Å². The second kappa shape index (κ2) is 6.82. The summed E-state index contributed by atoms with van der Waals surface area (Å²) in [4.78, 5) is 37.7. The first-order valence-electron chi connectivity index (χ1n) is 6.26. The van der Waals surface area contributed by atoms with Crippen molar-refractivity contribution in [2.24, 2.45) is 5.41 Å². The molecule has 0 fully saturated rings. The molecule has 1 heterocycles. The lowest BCUT2D eigenvalue weighted by atomic mass is 9.85. The van der Waals surface area contributed by atoms with Crippen LogP contribution in [0.4, 0.5) is 4.79 Å². The Morgan fingerprint density at radius 3 is 2.48 bits per heavy atom. The highest BCUT2D eigenvalue weighted by Gasteiger charge is 2.26. The minimum absolute atomic E-state index is 0.00152. The number of aryl methyl sites for hydroxylation is 1. The van der Waals surface area contributed by atoms with E-state index in [1.807, 2.05) is 0 Å². The van der Waals surface area contributed by atoms with Crippen LogP contribution in [0.2, 0.25) is 0 Å². The van der Waals surface area contributed by atoms with Crippen LogP contribution >= 0.6 is 0 Å². The number of amides is 3. The highest BCUT2D eigenvalue weighted by Crippen LogP contribution is 2.24. The second-order valence-corrected chi connectivity index (χ2v) is 5.38. The Morgan fingerprint density at radius 1 is 1.29 bits per heavy atom. The van der Waals surface area contributed by atoms with E-state index in [0.29, 0.717) is 5.82 Å². The fourth-order valence-electron chi connectivity index (χ4n) is 1.69. The van der Waals surface area contributed by atoms with Crippen LogP contribution in [0.5, 0.6) is 0 Å². The smallest absolute Gasteiger partial charge is 0.321 e. The van der Waals surface area contributed by atoms with Gasteiger partial charge in [-0.05, 0) is 12.3 Å². The summed E-state index contributed by atoms with van der Waals surface area (Å²) < 4.78 is 4.79. The topological polar surface area (TPSA) is 134 Å². The molecule has 21 heavy (non-hydrogen) atoms. The van der Waals surface area contributed by atoms with Gasteiger partial charge in [0.1, 0.15) is 0 Å². The van der Waals surface area contributed by atoms with Crippen LogP contribution in [0.15, 0.2) is 4.52 Å². The molecule has 3 amide bonds. The lowest BCUT2D eigenvalue weighted by Crippen LogP contribution is -2.40. The first kappa shape index (κ1) is 16.6. The molecule has 0 aliphatic heterocycles. The number of carbonyl (C=O) groups is 3. The average Bonchev–Trinajstić information content (AvgIpc) is 2.69. The molecule has 0 radical (unpaired) electrons. The molecule has 9 heteroatoms. The molecule has 1 aromatic rings. The lowest BCUT2D eigenvalue weighted by molar-refractivity contribution is -0.139. The Kier molecular flexibility index (Phi) is 5.39. The maximum atomic E-state index is 11.6. The van der Waals surface area contributed by atoms with Gasteiger partial charge in [-0.15, -0.1) is 0 Å². The first-order valence-corrected chi connectivity index (χ1v) is 6.26. The third-order valence-electron chi connectivity index (χ3n) is 2.49. The standard InChI is InChI=1S/C12H18N4O5/c1-7-14-9(21-16-7)6-13-11(20)15-8(17)4-12(2,3)5-10(18)19/h4-6H2,1-3H3,(H,18,19)(H2,13,15,17,20). The van der Waals surface area contributed by atoms with Crippen molar-refractivity contribution in [3.8, 4) is 0 Å². The van der Waals surface area contributed by atoms with Gasteiger partial charge in [-0.2, -0.15) is 4.98 Å². The Morgan fingerprint density at radius 2 is 1.95 bits per heavy atom. The SMILES string of the molecule is Cc1noc(CNC(=O)NC(=O)CC(C)(C)CC(=O)O)n1. The number of aromatic nitrogens is 2. The zero-order valence-corrected chi connectivity index (χ0v) is 12.1. The number of hydrogen-bond acceptors (Lipinski definition) is 6. The third-order valence-corrected chi connectivity index (χ3v) is 2.49. The van der Waals surface area contributed by atoms with Gasteiger partial charge in [0, 0.05) is 6.42 Å². The minimum atomic E-state index is -0.996. The lowest BCUT2D eigenvalue weighted by Gasteiger charge is -2.21. The number of hydrogen-bond donors (Lipinski definition) is 3. The average molecular weight is 298 g/mol. The van der Waals surface area contributed by atoms with Crippen molar-refractivity contribution in [3.05, 3.63) is 11.7 Å². The van der Waals surface area contributed by atoms with Crippen LogP contribution in [0.1, 0.15) is 38.4 Å². The summed E-state index contributed by atoms with van der Waals surface area (Å²) in [7, 11) is 0. The molecule has 116 valence electrons. The summed E-state index contributed by atoms with van der Waals surface area (Å²) in [6.07, 6.45) is -0.240. The molecule has 0 atom stereocenters. The highest BCUT2D eigenvalue weighted by molar-refractivity contribution is 5.94. The zero-order valence-electron chi connectivity index (χ0n) is 12.1. The van der Waals surface area contributed by atoms with Gasteiger partial charge in [-0.25, -0.2) is 4.79 Å². The van der Waals surface area contributed by atoms with Crippen molar-refractivity contribution in [1.29, 1.82) is 0 Å². The predicted molar refractivity (Wildman–Crippen MR) is 70.1 cm³/mol. The summed E-state index contributed by atoms with van der Waals surface area (Å²) in [5, 5.41) is 16.8. The van der Waals surface area contributed by atoms with Crippen molar-refractivity contribution in [2.75, 3.05) is 0 Å². The first-order chi connectivity index (χ1) is 9.68. The summed E-state index contributed by atoms with van der Waals surface area (Å²) in [6.45, 7) is 4.92. The molecule has 0 saturated carbocycles. The van der Waals surface area contributed by atoms with Gasteiger partial charge in [0.25, 0.3) is 0 Å². The van der Waals surface area contributed by atoms with Crippen LogP contribution in [0, 0.1) is 12.3 Å². The Hall–Kier alpha value is -2.45. The van der Waals surface area contributed by atoms with Crippen LogP contribution < -0.4 is 10.6 Å². The molecule has 0 bridgehead atoms. The van der Waals surface area contributed by atoms with Crippen molar-refractivity contribution in [3.63, 3.8) is 0 Å². The summed E-state index contributed by atoms with van der Waals surface area (Å²) in [5.41, 5.74) is -0.736. The largest absolute Gasteiger partial charge is 0.481 e. The van der Waals surface area contributed by atoms with E-state index in [4.69, 9.17) is 9.63 Å². The van der Waals surface area contributed by atoms with E-state index < -0.39 is 23.3 Å². The van der Waals surface area contributed by atoms with Gasteiger partial charge in [-0.3, -0.25) is 14.9 Å². The number of urea groups is 1. The fraction of sp³-hybridized carbons (Fsp3) is 0.583. The Balaban J connectivity index is 2.36. The second-order valence-electron chi connectivity index (χ2n) is 5.38. The summed E-state index contributed by atoms with van der Waals surface area (Å²) in [5.74, 6) is -0.885. The normalized spacial score (nSPS) is 11.0. The molecule has 0 unspecified atom stereocenters. The van der Waals surface area contributed by atoms with Crippen LogP contribution in [0.3, 0.4) is 0 Å². The van der Waals surface area contributed by atoms with Gasteiger partial charge in [-0.1, -0.05) is 19.0 Å². The molecule has 0 aliphatic carbocycles. The van der Waals surface area contributed by atoms with E-state index >= 15 is 0 Å². The van der Waals surface area contributed by atoms with Crippen LogP contribution in [-0.2, 0) is 16.1 Å². The number of nitrogens with one attached hydrogen (secondary N) is 2. The van der Waals surface area contributed by atoms with Gasteiger partial charge in [0.05, 0.1) is 13.0 Å². The Labute approximate surface area is 121 Å². The van der Waals surface area contributed by atoms with Gasteiger partial charge in [0.15, 0.2) is 5.82 Å². The van der Waals surface area contributed by atoms with Gasteiger partial charge >= 0.3 is 12.0 Å². The molecular weight excluding hydrogens is 280 g/mol. The molecular formula is C12H18N4O5. The molecule has 9 nitrogen and oxygen atoms in total. The summed E-state index contributed by atoms with van der Waals surface area (Å²) in [6, 6.07) is -0.707. The third kappa shape index (κ3) is 6.50. The van der Waals surface area contributed by atoms with E-state index in [0.717, 1.165) is 0 Å². The van der Waals surface area contributed by atoms with Crippen LogP contribution in [0.25, 0.3) is 0 Å². The number of carboxylic acid groups (broad SMARTS) is 1. The predicted octanol–water partition coefficient (Wildman–Crippen LogP) is 0.595. The number of imide groups is 1. The van der Waals surface area contributed by atoms with Gasteiger partial charge in [0.2, 0.25) is 11.8 Å². The summed E-state index contributed by atoms with van der Waals surface area (Å²) >= 11 is 0. The van der Waals surface area contributed by atoms with E-state index in [1.54, 1.807) is 20.8 Å². The molecule has 0 aliphatic rings. The van der Waals surface area contributed by atoms with Crippen molar-refractivity contribution in [2.45, 2.75) is 40.2 Å². The molecule has 0 aromatic carbocycles. The monoisotopic (exact) mass is 298 g/mol. The maximum Gasteiger partial charge on any atom is 0.321 e. The van der Waals surface area contributed by atoms with E-state index in [9.17, 15) is 14.4 Å². The number of nitrogens with zero attached hydrogens (tertiary/aromatic N) is 2. The Bertz CT molecular complexity index is 538. The van der Waals surface area contributed by atoms with E-state index in [1.165, 1.54) is 0 Å².